The van der Waals surface area contributed by atoms with Crippen molar-refractivity contribution in [3.05, 3.63) is 71.3 Å². The summed E-state index contributed by atoms with van der Waals surface area (Å²) in [5.41, 5.74) is 2.88. The summed E-state index contributed by atoms with van der Waals surface area (Å²) in [6.45, 7) is 10.3. The van der Waals surface area contributed by atoms with Crippen LogP contribution in [0.15, 0.2) is 54.6 Å². The lowest BCUT2D eigenvalue weighted by Crippen LogP contribution is -2.38. The molecular formula is C21H27NO2. The number of amides is 1. The second-order valence-electron chi connectivity index (χ2n) is 7.18. The van der Waals surface area contributed by atoms with Gasteiger partial charge >= 0.3 is 6.09 Å². The average molecular weight is 325 g/mol. The van der Waals surface area contributed by atoms with E-state index in [4.69, 9.17) is 4.74 Å². The van der Waals surface area contributed by atoms with Gasteiger partial charge in [0, 0.05) is 6.54 Å². The monoisotopic (exact) mass is 325 g/mol. The highest BCUT2D eigenvalue weighted by Gasteiger charge is 2.27. The molecule has 128 valence electrons. The Morgan fingerprint density at radius 3 is 2.17 bits per heavy atom. The summed E-state index contributed by atoms with van der Waals surface area (Å²) in [6, 6.07) is 18.2. The lowest BCUT2D eigenvalue weighted by Gasteiger charge is -2.32. The third-order valence-corrected chi connectivity index (χ3v) is 3.85. The van der Waals surface area contributed by atoms with Crippen LogP contribution >= 0.6 is 0 Å². The summed E-state index contributed by atoms with van der Waals surface area (Å²) in [4.78, 5) is 14.5. The number of carbonyl (C=O) groups excluding carboxylic acids is 1. The molecule has 1 unspecified atom stereocenters. The largest absolute Gasteiger partial charge is 0.444 e. The van der Waals surface area contributed by atoms with Crippen molar-refractivity contribution in [2.24, 2.45) is 0 Å². The number of hydrogen-bond donors (Lipinski definition) is 0. The molecule has 0 spiro atoms. The Bertz CT molecular complexity index is 656. The van der Waals surface area contributed by atoms with E-state index in [2.05, 4.69) is 31.2 Å². The van der Waals surface area contributed by atoms with E-state index >= 15 is 0 Å². The van der Waals surface area contributed by atoms with Crippen molar-refractivity contribution >= 4 is 6.09 Å². The summed E-state index contributed by atoms with van der Waals surface area (Å²) in [6.07, 6.45) is -0.292. The number of nitrogens with zero attached hydrogens (tertiary/aromatic N) is 1. The van der Waals surface area contributed by atoms with Crippen molar-refractivity contribution in [3.8, 4) is 0 Å². The van der Waals surface area contributed by atoms with E-state index in [9.17, 15) is 4.79 Å². The van der Waals surface area contributed by atoms with Gasteiger partial charge in [0.25, 0.3) is 0 Å². The maximum atomic E-state index is 12.7. The summed E-state index contributed by atoms with van der Waals surface area (Å²) in [5.74, 6) is 0. The van der Waals surface area contributed by atoms with Crippen LogP contribution in [-0.2, 0) is 11.3 Å². The van der Waals surface area contributed by atoms with Gasteiger partial charge in [-0.05, 0) is 45.7 Å². The fourth-order valence-electron chi connectivity index (χ4n) is 2.49. The second kappa shape index (κ2) is 7.52. The van der Waals surface area contributed by atoms with Gasteiger partial charge in [-0.1, -0.05) is 60.2 Å². The molecule has 0 saturated carbocycles. The van der Waals surface area contributed by atoms with Crippen LogP contribution in [0, 0.1) is 6.92 Å². The molecule has 3 nitrogen and oxygen atoms in total. The van der Waals surface area contributed by atoms with Crippen LogP contribution in [-0.4, -0.2) is 16.6 Å². The van der Waals surface area contributed by atoms with Gasteiger partial charge in [0.1, 0.15) is 5.60 Å². The number of rotatable bonds is 4. The zero-order valence-corrected chi connectivity index (χ0v) is 15.2. The maximum absolute atomic E-state index is 12.7. The molecule has 0 aliphatic carbocycles. The van der Waals surface area contributed by atoms with Gasteiger partial charge < -0.3 is 4.74 Å². The molecule has 0 aliphatic heterocycles. The second-order valence-corrected chi connectivity index (χ2v) is 7.18. The highest BCUT2D eigenvalue weighted by molar-refractivity contribution is 5.69. The lowest BCUT2D eigenvalue weighted by molar-refractivity contribution is 0.0153. The number of aryl methyl sites for hydroxylation is 1. The minimum atomic E-state index is -0.515. The lowest BCUT2D eigenvalue weighted by atomic mass is 10.0. The molecule has 2 aromatic carbocycles. The predicted octanol–water partition coefficient (Wildman–Crippen LogP) is 5.49. The Hall–Kier alpha value is -2.29. The quantitative estimate of drug-likeness (QED) is 0.743. The molecule has 0 saturated heterocycles. The molecule has 3 heteroatoms. The van der Waals surface area contributed by atoms with Crippen molar-refractivity contribution in [3.63, 3.8) is 0 Å². The van der Waals surface area contributed by atoms with Gasteiger partial charge in [0.2, 0.25) is 0 Å². The standard InChI is InChI=1S/C21H27NO2/c1-16-11-13-19(14-12-16)17(2)22(20(23)24-21(3,4)5)15-18-9-7-6-8-10-18/h6-14,17H,15H2,1-5H3. The molecule has 1 amide bonds. The molecule has 2 aromatic rings. The van der Waals surface area contributed by atoms with E-state index in [1.807, 2.05) is 58.0 Å². The molecule has 0 aromatic heterocycles. The first kappa shape index (κ1) is 18.1. The van der Waals surface area contributed by atoms with E-state index in [0.717, 1.165) is 11.1 Å². The highest BCUT2D eigenvalue weighted by atomic mass is 16.6. The SMILES string of the molecule is Cc1ccc(C(C)N(Cc2ccccc2)C(=O)OC(C)(C)C)cc1. The van der Waals surface area contributed by atoms with Crippen molar-refractivity contribution < 1.29 is 9.53 Å². The normalized spacial score (nSPS) is 12.5. The molecular weight excluding hydrogens is 298 g/mol. The third-order valence-electron chi connectivity index (χ3n) is 3.85. The van der Waals surface area contributed by atoms with Gasteiger partial charge in [0.15, 0.2) is 0 Å². The molecule has 2 rings (SSSR count). The first-order valence-electron chi connectivity index (χ1n) is 8.36. The zero-order valence-electron chi connectivity index (χ0n) is 15.2. The Labute approximate surface area is 145 Å². The Kier molecular flexibility index (Phi) is 5.66. The van der Waals surface area contributed by atoms with Crippen LogP contribution in [0.3, 0.4) is 0 Å². The molecule has 0 N–H and O–H groups in total. The molecule has 1 atom stereocenters. The van der Waals surface area contributed by atoms with Crippen LogP contribution in [0.25, 0.3) is 0 Å². The highest BCUT2D eigenvalue weighted by Crippen LogP contribution is 2.25. The van der Waals surface area contributed by atoms with Gasteiger partial charge in [-0.3, -0.25) is 4.90 Å². The Morgan fingerprint density at radius 1 is 1.04 bits per heavy atom. The first-order valence-corrected chi connectivity index (χ1v) is 8.36. The minimum absolute atomic E-state index is 0.0688. The van der Waals surface area contributed by atoms with Crippen molar-refractivity contribution in [1.82, 2.24) is 4.90 Å². The topological polar surface area (TPSA) is 29.5 Å². The van der Waals surface area contributed by atoms with E-state index in [1.165, 1.54) is 5.56 Å². The number of hydrogen-bond acceptors (Lipinski definition) is 2. The van der Waals surface area contributed by atoms with E-state index < -0.39 is 5.60 Å². The number of carbonyl (C=O) groups is 1. The fraction of sp³-hybridized carbons (Fsp3) is 0.381. The van der Waals surface area contributed by atoms with Crippen LogP contribution in [0.1, 0.15) is 50.4 Å². The molecule has 0 aliphatic rings. The minimum Gasteiger partial charge on any atom is -0.444 e. The van der Waals surface area contributed by atoms with E-state index in [1.54, 1.807) is 4.90 Å². The van der Waals surface area contributed by atoms with Gasteiger partial charge in [0.05, 0.1) is 6.04 Å². The van der Waals surface area contributed by atoms with E-state index in [0.29, 0.717) is 6.54 Å². The first-order chi connectivity index (χ1) is 11.3. The summed E-state index contributed by atoms with van der Waals surface area (Å²) < 4.78 is 5.63. The summed E-state index contributed by atoms with van der Waals surface area (Å²) in [7, 11) is 0. The van der Waals surface area contributed by atoms with Gasteiger partial charge in [-0.2, -0.15) is 0 Å². The smallest absolute Gasteiger partial charge is 0.411 e. The summed E-state index contributed by atoms with van der Waals surface area (Å²) in [5, 5.41) is 0. The average Bonchev–Trinajstić information content (AvgIpc) is 2.52. The third kappa shape index (κ3) is 5.12. The molecule has 0 heterocycles. The molecule has 24 heavy (non-hydrogen) atoms. The van der Waals surface area contributed by atoms with Gasteiger partial charge in [-0.25, -0.2) is 4.79 Å². The van der Waals surface area contributed by atoms with Crippen molar-refractivity contribution in [2.45, 2.75) is 52.8 Å². The number of benzene rings is 2. The molecule has 0 bridgehead atoms. The maximum Gasteiger partial charge on any atom is 0.411 e. The Balaban J connectivity index is 2.27. The zero-order chi connectivity index (χ0) is 17.7. The predicted molar refractivity (Wildman–Crippen MR) is 97.8 cm³/mol. The van der Waals surface area contributed by atoms with Crippen LogP contribution in [0.2, 0.25) is 0 Å². The fourth-order valence-corrected chi connectivity index (χ4v) is 2.49. The molecule has 0 radical (unpaired) electrons. The summed E-state index contributed by atoms with van der Waals surface area (Å²) >= 11 is 0. The van der Waals surface area contributed by atoms with Crippen LogP contribution in [0.5, 0.6) is 0 Å². The molecule has 0 fully saturated rings. The number of ether oxygens (including phenoxy) is 1. The Morgan fingerprint density at radius 2 is 1.62 bits per heavy atom. The van der Waals surface area contributed by atoms with E-state index in [-0.39, 0.29) is 12.1 Å². The van der Waals surface area contributed by atoms with Crippen molar-refractivity contribution in [1.29, 1.82) is 0 Å². The van der Waals surface area contributed by atoms with Gasteiger partial charge in [-0.15, -0.1) is 0 Å². The van der Waals surface area contributed by atoms with Crippen molar-refractivity contribution in [2.75, 3.05) is 0 Å². The van der Waals surface area contributed by atoms with Crippen LogP contribution < -0.4 is 0 Å². The van der Waals surface area contributed by atoms with Crippen LogP contribution in [0.4, 0.5) is 4.79 Å².